The fourth-order valence-electron chi connectivity index (χ4n) is 2.09. The zero-order chi connectivity index (χ0) is 14.8. The van der Waals surface area contributed by atoms with Crippen LogP contribution in [0.25, 0.3) is 0 Å². The van der Waals surface area contributed by atoms with E-state index in [1.165, 1.54) is 0 Å². The first-order valence-electron chi connectivity index (χ1n) is 6.60. The molecule has 21 heavy (non-hydrogen) atoms. The van der Waals surface area contributed by atoms with Gasteiger partial charge in [-0.3, -0.25) is 4.79 Å². The van der Waals surface area contributed by atoms with Crippen LogP contribution in [-0.2, 0) is 0 Å². The zero-order valence-electron chi connectivity index (χ0n) is 11.5. The topological polar surface area (TPSA) is 47.6 Å². The molecule has 2 aromatic rings. The van der Waals surface area contributed by atoms with Crippen molar-refractivity contribution in [2.45, 2.75) is 6.92 Å². The highest BCUT2D eigenvalue weighted by molar-refractivity contribution is 6.32. The van der Waals surface area contributed by atoms with E-state index in [1.54, 1.807) is 24.3 Å². The van der Waals surface area contributed by atoms with Crippen molar-refractivity contribution >= 4 is 23.2 Å². The third-order valence-electron chi connectivity index (χ3n) is 3.17. The van der Waals surface area contributed by atoms with Crippen LogP contribution in [0.1, 0.15) is 15.9 Å². The molecule has 1 heterocycles. The Balaban J connectivity index is 1.83. The van der Waals surface area contributed by atoms with Crippen LogP contribution in [0.3, 0.4) is 0 Å². The van der Waals surface area contributed by atoms with Gasteiger partial charge in [0.1, 0.15) is 13.2 Å². The van der Waals surface area contributed by atoms with Gasteiger partial charge in [-0.1, -0.05) is 29.3 Å². The number of hydrogen-bond acceptors (Lipinski definition) is 3. The van der Waals surface area contributed by atoms with Gasteiger partial charge in [-0.2, -0.15) is 0 Å². The molecule has 0 bridgehead atoms. The molecule has 108 valence electrons. The van der Waals surface area contributed by atoms with Gasteiger partial charge in [0.25, 0.3) is 5.91 Å². The Morgan fingerprint density at radius 1 is 1.14 bits per heavy atom. The normalized spacial score (nSPS) is 12.9. The van der Waals surface area contributed by atoms with Gasteiger partial charge in [0.05, 0.1) is 5.02 Å². The van der Waals surface area contributed by atoms with Crippen molar-refractivity contribution in [3.8, 4) is 11.5 Å². The maximum atomic E-state index is 12.2. The monoisotopic (exact) mass is 303 g/mol. The lowest BCUT2D eigenvalue weighted by atomic mass is 10.1. The van der Waals surface area contributed by atoms with Gasteiger partial charge in [0.15, 0.2) is 11.5 Å². The fraction of sp³-hybridized carbons (Fsp3) is 0.188. The Hall–Kier alpha value is -2.20. The smallest absolute Gasteiger partial charge is 0.255 e. The van der Waals surface area contributed by atoms with Gasteiger partial charge in [0, 0.05) is 17.3 Å². The second kappa shape index (κ2) is 5.66. The highest BCUT2D eigenvalue weighted by atomic mass is 35.5. The molecule has 1 aliphatic heterocycles. The molecule has 0 radical (unpaired) electrons. The van der Waals surface area contributed by atoms with E-state index in [1.807, 2.05) is 19.1 Å². The number of anilines is 1. The largest absolute Gasteiger partial charge is 0.486 e. The van der Waals surface area contributed by atoms with Crippen molar-refractivity contribution < 1.29 is 14.3 Å². The van der Waals surface area contributed by atoms with Crippen LogP contribution in [0.5, 0.6) is 11.5 Å². The first-order chi connectivity index (χ1) is 10.1. The number of aryl methyl sites for hydroxylation is 1. The van der Waals surface area contributed by atoms with Gasteiger partial charge in [-0.05, 0) is 25.1 Å². The Morgan fingerprint density at radius 3 is 2.62 bits per heavy atom. The van der Waals surface area contributed by atoms with Gasteiger partial charge in [-0.15, -0.1) is 0 Å². The summed E-state index contributed by atoms with van der Waals surface area (Å²) >= 11 is 6.14. The number of benzene rings is 2. The minimum atomic E-state index is -0.192. The van der Waals surface area contributed by atoms with Crippen molar-refractivity contribution in [2.75, 3.05) is 18.5 Å². The summed E-state index contributed by atoms with van der Waals surface area (Å²) in [6.07, 6.45) is 0. The summed E-state index contributed by atoms with van der Waals surface area (Å²) in [6.45, 7) is 2.92. The third-order valence-corrected chi connectivity index (χ3v) is 3.45. The van der Waals surface area contributed by atoms with Crippen molar-refractivity contribution in [3.05, 3.63) is 52.5 Å². The molecular weight excluding hydrogens is 290 g/mol. The summed E-state index contributed by atoms with van der Waals surface area (Å²) in [5.41, 5.74) is 2.27. The number of fused-ring (bicyclic) bond motifs is 1. The SMILES string of the molecule is Cc1ccc(C(=O)Nc2cc(Cl)c3c(c2)OCCO3)cc1. The predicted molar refractivity (Wildman–Crippen MR) is 81.6 cm³/mol. The lowest BCUT2D eigenvalue weighted by Crippen LogP contribution is -2.17. The molecule has 0 aliphatic carbocycles. The number of carbonyl (C=O) groups is 1. The summed E-state index contributed by atoms with van der Waals surface area (Å²) < 4.78 is 10.9. The molecule has 0 aromatic heterocycles. The lowest BCUT2D eigenvalue weighted by molar-refractivity contribution is 0.102. The van der Waals surface area contributed by atoms with Gasteiger partial charge >= 0.3 is 0 Å². The number of amides is 1. The van der Waals surface area contributed by atoms with E-state index in [4.69, 9.17) is 21.1 Å². The molecule has 0 atom stereocenters. The molecule has 0 unspecified atom stereocenters. The number of rotatable bonds is 2. The summed E-state index contributed by atoms with van der Waals surface area (Å²) in [5.74, 6) is 0.881. The van der Waals surface area contributed by atoms with E-state index in [0.29, 0.717) is 41.0 Å². The molecule has 2 aromatic carbocycles. The molecule has 1 aliphatic rings. The van der Waals surface area contributed by atoms with Crippen LogP contribution < -0.4 is 14.8 Å². The van der Waals surface area contributed by atoms with Crippen LogP contribution in [0.4, 0.5) is 5.69 Å². The van der Waals surface area contributed by atoms with Crippen LogP contribution in [0.2, 0.25) is 5.02 Å². The van der Waals surface area contributed by atoms with Crippen LogP contribution in [0, 0.1) is 6.92 Å². The van der Waals surface area contributed by atoms with Crippen molar-refractivity contribution in [2.24, 2.45) is 0 Å². The first kappa shape index (κ1) is 13.8. The second-order valence-corrected chi connectivity index (χ2v) is 5.21. The minimum Gasteiger partial charge on any atom is -0.486 e. The van der Waals surface area contributed by atoms with Gasteiger partial charge in [0.2, 0.25) is 0 Å². The molecule has 1 amide bonds. The van der Waals surface area contributed by atoms with Crippen molar-refractivity contribution in [1.82, 2.24) is 0 Å². The Bertz CT molecular complexity index is 683. The molecule has 0 fully saturated rings. The molecule has 0 saturated carbocycles. The maximum absolute atomic E-state index is 12.2. The van der Waals surface area contributed by atoms with Crippen molar-refractivity contribution in [3.63, 3.8) is 0 Å². The van der Waals surface area contributed by atoms with Gasteiger partial charge in [-0.25, -0.2) is 0 Å². The molecular formula is C16H14ClNO3. The van der Waals surface area contributed by atoms with E-state index in [-0.39, 0.29) is 5.91 Å². The standard InChI is InChI=1S/C16H14ClNO3/c1-10-2-4-11(5-3-10)16(19)18-12-8-13(17)15-14(9-12)20-6-7-21-15/h2-5,8-9H,6-7H2,1H3,(H,18,19). The molecule has 1 N–H and O–H groups in total. The average Bonchev–Trinajstić information content (AvgIpc) is 2.48. The number of carbonyl (C=O) groups excluding carboxylic acids is 1. The number of nitrogens with one attached hydrogen (secondary N) is 1. The molecule has 0 saturated heterocycles. The minimum absolute atomic E-state index is 0.192. The summed E-state index contributed by atoms with van der Waals surface area (Å²) in [7, 11) is 0. The van der Waals surface area contributed by atoms with E-state index in [0.717, 1.165) is 5.56 Å². The summed E-state index contributed by atoms with van der Waals surface area (Å²) in [5, 5.41) is 3.23. The average molecular weight is 304 g/mol. The molecule has 0 spiro atoms. The molecule has 4 nitrogen and oxygen atoms in total. The zero-order valence-corrected chi connectivity index (χ0v) is 12.2. The quantitative estimate of drug-likeness (QED) is 0.921. The van der Waals surface area contributed by atoms with E-state index < -0.39 is 0 Å². The Morgan fingerprint density at radius 2 is 1.86 bits per heavy atom. The number of halogens is 1. The Kier molecular flexibility index (Phi) is 3.71. The molecule has 5 heteroatoms. The van der Waals surface area contributed by atoms with Gasteiger partial charge < -0.3 is 14.8 Å². The first-order valence-corrected chi connectivity index (χ1v) is 6.98. The molecule has 3 rings (SSSR count). The summed E-state index contributed by atoms with van der Waals surface area (Å²) in [6, 6.07) is 10.7. The Labute approximate surface area is 127 Å². The highest BCUT2D eigenvalue weighted by Gasteiger charge is 2.17. The predicted octanol–water partition coefficient (Wildman–Crippen LogP) is 3.67. The van der Waals surface area contributed by atoms with Crippen LogP contribution in [-0.4, -0.2) is 19.1 Å². The van der Waals surface area contributed by atoms with Crippen LogP contribution >= 0.6 is 11.6 Å². The lowest BCUT2D eigenvalue weighted by Gasteiger charge is -2.20. The number of hydrogen-bond donors (Lipinski definition) is 1. The maximum Gasteiger partial charge on any atom is 0.255 e. The van der Waals surface area contributed by atoms with E-state index in [2.05, 4.69) is 5.32 Å². The fourth-order valence-corrected chi connectivity index (χ4v) is 2.36. The second-order valence-electron chi connectivity index (χ2n) is 4.80. The summed E-state index contributed by atoms with van der Waals surface area (Å²) in [4.78, 5) is 12.2. The van der Waals surface area contributed by atoms with E-state index in [9.17, 15) is 4.79 Å². The number of ether oxygens (including phenoxy) is 2. The van der Waals surface area contributed by atoms with Crippen molar-refractivity contribution in [1.29, 1.82) is 0 Å². The van der Waals surface area contributed by atoms with Crippen LogP contribution in [0.15, 0.2) is 36.4 Å². The highest BCUT2D eigenvalue weighted by Crippen LogP contribution is 2.39. The van der Waals surface area contributed by atoms with E-state index >= 15 is 0 Å². The third kappa shape index (κ3) is 2.95.